The Morgan fingerprint density at radius 3 is 2.63 bits per heavy atom. The standard InChI is InChI=1S/C19H21N5O2S/c1-13-4-5-15(14(2)10-13)11-23(3)18(26)12-27-19-20-21-22-24(19)16-6-8-17(25)9-7-16/h4-10,25H,11-12H2,1-3H3. The maximum atomic E-state index is 12.5. The van der Waals surface area contributed by atoms with Gasteiger partial charge >= 0.3 is 0 Å². The first-order chi connectivity index (χ1) is 12.9. The van der Waals surface area contributed by atoms with Gasteiger partial charge in [-0.2, -0.15) is 4.68 Å². The number of aromatic nitrogens is 4. The van der Waals surface area contributed by atoms with Gasteiger partial charge in [-0.1, -0.05) is 35.5 Å². The third-order valence-corrected chi connectivity index (χ3v) is 5.10. The summed E-state index contributed by atoms with van der Waals surface area (Å²) in [4.78, 5) is 14.2. The molecule has 0 radical (unpaired) electrons. The lowest BCUT2D eigenvalue weighted by Gasteiger charge is -2.18. The van der Waals surface area contributed by atoms with E-state index in [9.17, 15) is 9.90 Å². The molecule has 3 rings (SSSR count). The van der Waals surface area contributed by atoms with E-state index in [0.29, 0.717) is 11.7 Å². The number of aromatic hydroxyl groups is 1. The molecule has 7 nitrogen and oxygen atoms in total. The summed E-state index contributed by atoms with van der Waals surface area (Å²) in [6, 6.07) is 12.8. The summed E-state index contributed by atoms with van der Waals surface area (Å²) < 4.78 is 1.54. The van der Waals surface area contributed by atoms with E-state index < -0.39 is 0 Å². The van der Waals surface area contributed by atoms with Crippen LogP contribution in [0.2, 0.25) is 0 Å². The minimum Gasteiger partial charge on any atom is -0.508 e. The van der Waals surface area contributed by atoms with Crippen LogP contribution in [0.1, 0.15) is 16.7 Å². The van der Waals surface area contributed by atoms with Crippen molar-refractivity contribution in [2.45, 2.75) is 25.5 Å². The molecule has 1 N–H and O–H groups in total. The van der Waals surface area contributed by atoms with E-state index in [-0.39, 0.29) is 17.4 Å². The van der Waals surface area contributed by atoms with Gasteiger partial charge < -0.3 is 10.0 Å². The van der Waals surface area contributed by atoms with Gasteiger partial charge in [-0.25, -0.2) is 0 Å². The molecule has 0 unspecified atom stereocenters. The molecule has 0 aliphatic carbocycles. The van der Waals surface area contributed by atoms with Crippen molar-refractivity contribution in [2.24, 2.45) is 0 Å². The Labute approximate surface area is 162 Å². The maximum Gasteiger partial charge on any atom is 0.233 e. The molecule has 2 aromatic carbocycles. The van der Waals surface area contributed by atoms with E-state index in [1.165, 1.54) is 22.9 Å². The second kappa shape index (κ2) is 8.22. The van der Waals surface area contributed by atoms with Gasteiger partial charge in [0, 0.05) is 13.6 Å². The number of carbonyl (C=O) groups is 1. The van der Waals surface area contributed by atoms with Gasteiger partial charge in [0.2, 0.25) is 11.1 Å². The molecule has 0 aliphatic rings. The second-order valence-corrected chi connectivity index (χ2v) is 7.30. The molecule has 1 amide bonds. The highest BCUT2D eigenvalue weighted by Crippen LogP contribution is 2.20. The molecule has 0 atom stereocenters. The zero-order chi connectivity index (χ0) is 19.4. The lowest BCUT2D eigenvalue weighted by molar-refractivity contribution is -0.127. The number of aryl methyl sites for hydroxylation is 2. The normalized spacial score (nSPS) is 10.8. The Balaban J connectivity index is 1.62. The highest BCUT2D eigenvalue weighted by atomic mass is 32.2. The van der Waals surface area contributed by atoms with Crippen LogP contribution in [0.5, 0.6) is 5.75 Å². The number of thioether (sulfide) groups is 1. The number of benzene rings is 2. The third kappa shape index (κ3) is 4.65. The van der Waals surface area contributed by atoms with Crippen molar-refractivity contribution in [1.82, 2.24) is 25.1 Å². The van der Waals surface area contributed by atoms with Crippen LogP contribution in [0, 0.1) is 13.8 Å². The molecule has 8 heteroatoms. The van der Waals surface area contributed by atoms with Crippen LogP contribution >= 0.6 is 11.8 Å². The molecule has 0 bridgehead atoms. The lowest BCUT2D eigenvalue weighted by atomic mass is 10.1. The smallest absolute Gasteiger partial charge is 0.233 e. The van der Waals surface area contributed by atoms with Crippen molar-refractivity contribution in [3.05, 3.63) is 59.2 Å². The van der Waals surface area contributed by atoms with Crippen molar-refractivity contribution < 1.29 is 9.90 Å². The van der Waals surface area contributed by atoms with Crippen LogP contribution < -0.4 is 0 Å². The van der Waals surface area contributed by atoms with Crippen LogP contribution in [-0.2, 0) is 11.3 Å². The number of hydrogen-bond acceptors (Lipinski definition) is 6. The van der Waals surface area contributed by atoms with Crippen LogP contribution in [0.3, 0.4) is 0 Å². The van der Waals surface area contributed by atoms with E-state index in [0.717, 1.165) is 11.3 Å². The minimum absolute atomic E-state index is 0.000214. The fraction of sp³-hybridized carbons (Fsp3) is 0.263. The van der Waals surface area contributed by atoms with Gasteiger partial charge in [0.1, 0.15) is 5.75 Å². The number of carbonyl (C=O) groups excluding carboxylic acids is 1. The van der Waals surface area contributed by atoms with E-state index in [1.807, 2.05) is 0 Å². The van der Waals surface area contributed by atoms with Gasteiger partial charge in [-0.05, 0) is 59.7 Å². The highest BCUT2D eigenvalue weighted by molar-refractivity contribution is 7.99. The van der Waals surface area contributed by atoms with E-state index in [4.69, 9.17) is 0 Å². The number of rotatable bonds is 6. The monoisotopic (exact) mass is 383 g/mol. The lowest BCUT2D eigenvalue weighted by Crippen LogP contribution is -2.28. The highest BCUT2D eigenvalue weighted by Gasteiger charge is 2.15. The maximum absolute atomic E-state index is 12.5. The number of phenolic OH excluding ortho intramolecular Hbond substituents is 1. The topological polar surface area (TPSA) is 84.1 Å². The Morgan fingerprint density at radius 2 is 1.93 bits per heavy atom. The fourth-order valence-corrected chi connectivity index (χ4v) is 3.46. The molecule has 1 aromatic heterocycles. The summed E-state index contributed by atoms with van der Waals surface area (Å²) >= 11 is 1.28. The van der Waals surface area contributed by atoms with E-state index in [2.05, 4.69) is 47.6 Å². The SMILES string of the molecule is Cc1ccc(CN(C)C(=O)CSc2nnnn2-c2ccc(O)cc2)c(C)c1. The Hall–Kier alpha value is -2.87. The Bertz CT molecular complexity index is 940. The summed E-state index contributed by atoms with van der Waals surface area (Å²) in [6.07, 6.45) is 0. The van der Waals surface area contributed by atoms with Gasteiger partial charge in [0.25, 0.3) is 0 Å². The average molecular weight is 383 g/mol. The number of nitrogens with zero attached hydrogens (tertiary/aromatic N) is 5. The number of hydrogen-bond donors (Lipinski definition) is 1. The summed E-state index contributed by atoms with van der Waals surface area (Å²) in [5, 5.41) is 21.5. The van der Waals surface area contributed by atoms with Crippen molar-refractivity contribution in [3.8, 4) is 11.4 Å². The summed E-state index contributed by atoms with van der Waals surface area (Å²) in [5.41, 5.74) is 4.24. The zero-order valence-electron chi connectivity index (χ0n) is 15.5. The first-order valence-corrected chi connectivity index (χ1v) is 9.43. The van der Waals surface area contributed by atoms with Crippen molar-refractivity contribution >= 4 is 17.7 Å². The summed E-state index contributed by atoms with van der Waals surface area (Å²) in [5.74, 6) is 0.407. The summed E-state index contributed by atoms with van der Waals surface area (Å²) in [6.45, 7) is 4.68. The van der Waals surface area contributed by atoms with E-state index >= 15 is 0 Å². The van der Waals surface area contributed by atoms with Crippen molar-refractivity contribution in [2.75, 3.05) is 12.8 Å². The van der Waals surface area contributed by atoms with Crippen molar-refractivity contribution in [3.63, 3.8) is 0 Å². The fourth-order valence-electron chi connectivity index (χ4n) is 2.63. The second-order valence-electron chi connectivity index (χ2n) is 6.36. The number of amides is 1. The number of tetrazole rings is 1. The van der Waals surface area contributed by atoms with Gasteiger partial charge in [0.05, 0.1) is 11.4 Å². The molecule has 140 valence electrons. The van der Waals surface area contributed by atoms with Gasteiger partial charge in [0.15, 0.2) is 0 Å². The molecule has 1 heterocycles. The first kappa shape index (κ1) is 18.9. The summed E-state index contributed by atoms with van der Waals surface area (Å²) in [7, 11) is 1.80. The van der Waals surface area contributed by atoms with Gasteiger partial charge in [-0.15, -0.1) is 5.10 Å². The van der Waals surface area contributed by atoms with Gasteiger partial charge in [-0.3, -0.25) is 4.79 Å². The Kier molecular flexibility index (Phi) is 5.75. The van der Waals surface area contributed by atoms with Crippen LogP contribution in [0.4, 0.5) is 0 Å². The van der Waals surface area contributed by atoms with Crippen LogP contribution in [0.15, 0.2) is 47.6 Å². The predicted octanol–water partition coefficient (Wildman–Crippen LogP) is 2.74. The average Bonchev–Trinajstić information content (AvgIpc) is 3.11. The first-order valence-electron chi connectivity index (χ1n) is 8.44. The predicted molar refractivity (Wildman–Crippen MR) is 104 cm³/mol. The van der Waals surface area contributed by atoms with Crippen molar-refractivity contribution in [1.29, 1.82) is 0 Å². The molecule has 0 saturated carbocycles. The molecule has 0 fully saturated rings. The molecule has 0 saturated heterocycles. The zero-order valence-corrected chi connectivity index (χ0v) is 16.3. The van der Waals surface area contributed by atoms with Crippen LogP contribution in [-0.4, -0.2) is 48.9 Å². The molecule has 27 heavy (non-hydrogen) atoms. The number of phenols is 1. The quantitative estimate of drug-likeness (QED) is 0.659. The molecule has 0 aliphatic heterocycles. The van der Waals surface area contributed by atoms with Crippen LogP contribution in [0.25, 0.3) is 5.69 Å². The van der Waals surface area contributed by atoms with E-state index in [1.54, 1.807) is 40.9 Å². The third-order valence-electron chi connectivity index (χ3n) is 4.19. The molecule has 0 spiro atoms. The molecular weight excluding hydrogens is 362 g/mol. The molecular formula is C19H21N5O2S. The Morgan fingerprint density at radius 1 is 1.19 bits per heavy atom. The minimum atomic E-state index is 0.000214. The largest absolute Gasteiger partial charge is 0.508 e. The molecule has 3 aromatic rings.